The normalized spacial score (nSPS) is 30.5. The SMILES string of the molecule is O=C(O)OC1CC(F)(F)C1(F)F. The average Bonchev–Trinajstić information content (AvgIpc) is 1.85. The molecule has 0 aromatic rings. The number of hydrogen-bond donors (Lipinski definition) is 1. The number of carbonyl (C=O) groups is 1. The van der Waals surface area contributed by atoms with E-state index in [4.69, 9.17) is 5.11 Å². The minimum atomic E-state index is -4.37. The van der Waals surface area contributed by atoms with Gasteiger partial charge in [0.15, 0.2) is 6.10 Å². The summed E-state index contributed by atoms with van der Waals surface area (Å²) in [6, 6.07) is 0. The molecule has 0 aliphatic heterocycles. The van der Waals surface area contributed by atoms with Crippen LogP contribution in [0.3, 0.4) is 0 Å². The topological polar surface area (TPSA) is 46.5 Å². The smallest absolute Gasteiger partial charge is 0.450 e. The number of halogens is 4. The molecule has 1 unspecified atom stereocenters. The van der Waals surface area contributed by atoms with E-state index < -0.39 is 30.5 Å². The van der Waals surface area contributed by atoms with Gasteiger partial charge in [-0.25, -0.2) is 4.79 Å². The van der Waals surface area contributed by atoms with Gasteiger partial charge in [-0.3, -0.25) is 0 Å². The van der Waals surface area contributed by atoms with Crippen LogP contribution in [-0.4, -0.2) is 29.2 Å². The van der Waals surface area contributed by atoms with E-state index in [9.17, 15) is 22.4 Å². The summed E-state index contributed by atoms with van der Waals surface area (Å²) in [4.78, 5) is 9.70. The Morgan fingerprint density at radius 3 is 2.17 bits per heavy atom. The minimum absolute atomic E-state index is 1.26. The predicted octanol–water partition coefficient (Wildman–Crippen LogP) is 1.72. The first-order chi connectivity index (χ1) is 5.27. The summed E-state index contributed by atoms with van der Waals surface area (Å²) in [5.41, 5.74) is 0. The van der Waals surface area contributed by atoms with Gasteiger partial charge in [-0.05, 0) is 0 Å². The van der Waals surface area contributed by atoms with Crippen LogP contribution in [-0.2, 0) is 4.74 Å². The summed E-state index contributed by atoms with van der Waals surface area (Å²) in [5.74, 6) is -8.52. The van der Waals surface area contributed by atoms with E-state index in [1.807, 2.05) is 0 Å². The van der Waals surface area contributed by atoms with Crippen molar-refractivity contribution in [1.29, 1.82) is 0 Å². The van der Waals surface area contributed by atoms with E-state index >= 15 is 0 Å². The lowest BCUT2D eigenvalue weighted by atomic mass is 9.85. The van der Waals surface area contributed by atoms with Crippen LogP contribution < -0.4 is 0 Å². The third-order valence-corrected chi connectivity index (χ3v) is 1.58. The van der Waals surface area contributed by atoms with Crippen molar-refractivity contribution in [2.75, 3.05) is 0 Å². The average molecular weight is 188 g/mol. The van der Waals surface area contributed by atoms with E-state index in [2.05, 4.69) is 4.74 Å². The highest BCUT2D eigenvalue weighted by Crippen LogP contribution is 2.52. The van der Waals surface area contributed by atoms with E-state index in [1.54, 1.807) is 0 Å². The molecule has 0 saturated heterocycles. The maximum absolute atomic E-state index is 12.2. The van der Waals surface area contributed by atoms with Crippen LogP contribution in [0.5, 0.6) is 0 Å². The zero-order valence-corrected chi connectivity index (χ0v) is 5.56. The molecule has 1 N–H and O–H groups in total. The monoisotopic (exact) mass is 188 g/mol. The van der Waals surface area contributed by atoms with Gasteiger partial charge in [0, 0.05) is 0 Å². The second kappa shape index (κ2) is 2.24. The largest absolute Gasteiger partial charge is 0.506 e. The number of alkyl halides is 4. The fraction of sp³-hybridized carbons (Fsp3) is 0.800. The van der Waals surface area contributed by atoms with Gasteiger partial charge < -0.3 is 9.84 Å². The van der Waals surface area contributed by atoms with Gasteiger partial charge >= 0.3 is 18.0 Å². The molecule has 0 heterocycles. The highest BCUT2D eigenvalue weighted by molar-refractivity contribution is 5.57. The molecule has 12 heavy (non-hydrogen) atoms. The van der Waals surface area contributed by atoms with Gasteiger partial charge in [-0.15, -0.1) is 0 Å². The third kappa shape index (κ3) is 1.09. The van der Waals surface area contributed by atoms with Crippen molar-refractivity contribution >= 4 is 6.16 Å². The zero-order chi connectivity index (χ0) is 9.57. The van der Waals surface area contributed by atoms with Crippen molar-refractivity contribution in [2.24, 2.45) is 0 Å². The van der Waals surface area contributed by atoms with Gasteiger partial charge in [0.2, 0.25) is 0 Å². The van der Waals surface area contributed by atoms with Crippen molar-refractivity contribution < 1.29 is 32.2 Å². The molecule has 1 saturated carbocycles. The fourth-order valence-corrected chi connectivity index (χ4v) is 0.839. The lowest BCUT2D eigenvalue weighted by Gasteiger charge is -2.41. The van der Waals surface area contributed by atoms with Crippen LogP contribution in [0.2, 0.25) is 0 Å². The van der Waals surface area contributed by atoms with Crippen LogP contribution >= 0.6 is 0 Å². The Labute approximate surface area is 63.9 Å². The molecule has 1 atom stereocenters. The van der Waals surface area contributed by atoms with Crippen LogP contribution in [0.25, 0.3) is 0 Å². The van der Waals surface area contributed by atoms with Crippen molar-refractivity contribution in [3.63, 3.8) is 0 Å². The number of carboxylic acid groups (broad SMARTS) is 1. The maximum Gasteiger partial charge on any atom is 0.506 e. The molecule has 70 valence electrons. The Hall–Kier alpha value is -1.01. The molecule has 0 aromatic heterocycles. The van der Waals surface area contributed by atoms with Crippen molar-refractivity contribution in [3.05, 3.63) is 0 Å². The van der Waals surface area contributed by atoms with Crippen molar-refractivity contribution in [1.82, 2.24) is 0 Å². The van der Waals surface area contributed by atoms with Crippen LogP contribution in [0, 0.1) is 0 Å². The van der Waals surface area contributed by atoms with Gasteiger partial charge in [0.1, 0.15) is 0 Å². The molecule has 0 amide bonds. The summed E-state index contributed by atoms with van der Waals surface area (Å²) in [6.07, 6.45) is -5.45. The highest BCUT2D eigenvalue weighted by Gasteiger charge is 2.74. The van der Waals surface area contributed by atoms with Crippen LogP contribution in [0.15, 0.2) is 0 Å². The summed E-state index contributed by atoms with van der Waals surface area (Å²) in [6.45, 7) is 0. The minimum Gasteiger partial charge on any atom is -0.450 e. The molecule has 0 spiro atoms. The highest BCUT2D eigenvalue weighted by atomic mass is 19.3. The molecular formula is C5H4F4O3. The van der Waals surface area contributed by atoms with E-state index in [0.717, 1.165) is 0 Å². The van der Waals surface area contributed by atoms with Crippen LogP contribution in [0.4, 0.5) is 22.4 Å². The number of hydrogen-bond acceptors (Lipinski definition) is 2. The predicted molar refractivity (Wildman–Crippen MR) is 27.4 cm³/mol. The van der Waals surface area contributed by atoms with Gasteiger partial charge in [0.05, 0.1) is 6.42 Å². The summed E-state index contributed by atoms with van der Waals surface area (Å²) in [5, 5.41) is 7.85. The first-order valence-electron chi connectivity index (χ1n) is 2.92. The summed E-state index contributed by atoms with van der Waals surface area (Å²) < 4.78 is 51.9. The Bertz CT molecular complexity index is 215. The van der Waals surface area contributed by atoms with Crippen molar-refractivity contribution in [2.45, 2.75) is 24.4 Å². The summed E-state index contributed by atoms with van der Waals surface area (Å²) >= 11 is 0. The second-order valence-corrected chi connectivity index (χ2v) is 2.40. The van der Waals surface area contributed by atoms with E-state index in [-0.39, 0.29) is 0 Å². The molecular weight excluding hydrogens is 184 g/mol. The molecule has 1 fully saturated rings. The Morgan fingerprint density at radius 2 is 1.92 bits per heavy atom. The van der Waals surface area contributed by atoms with E-state index in [1.165, 1.54) is 0 Å². The van der Waals surface area contributed by atoms with Crippen molar-refractivity contribution in [3.8, 4) is 0 Å². The third-order valence-electron chi connectivity index (χ3n) is 1.58. The van der Waals surface area contributed by atoms with Gasteiger partial charge in [-0.2, -0.15) is 17.6 Å². The molecule has 0 bridgehead atoms. The molecule has 7 heteroatoms. The Morgan fingerprint density at radius 1 is 1.42 bits per heavy atom. The maximum atomic E-state index is 12.2. The fourth-order valence-electron chi connectivity index (χ4n) is 0.839. The molecule has 1 rings (SSSR count). The molecule has 1 aliphatic rings. The molecule has 0 aromatic carbocycles. The van der Waals surface area contributed by atoms with Gasteiger partial charge in [0.25, 0.3) is 0 Å². The lowest BCUT2D eigenvalue weighted by Crippen LogP contribution is -2.63. The Kier molecular flexibility index (Phi) is 1.69. The molecule has 3 nitrogen and oxygen atoms in total. The van der Waals surface area contributed by atoms with Gasteiger partial charge in [-0.1, -0.05) is 0 Å². The Balaban J connectivity index is 2.60. The lowest BCUT2D eigenvalue weighted by molar-refractivity contribution is -0.331. The quantitative estimate of drug-likeness (QED) is 0.503. The number of ether oxygens (including phenoxy) is 1. The summed E-state index contributed by atoms with van der Waals surface area (Å²) in [7, 11) is 0. The second-order valence-electron chi connectivity index (χ2n) is 2.40. The van der Waals surface area contributed by atoms with E-state index in [0.29, 0.717) is 0 Å². The standard InChI is InChI=1S/C5H4F4O3/c6-4(7)1-2(5(4,8)9)12-3(10)11/h2H,1H2,(H,10,11). The molecule has 0 radical (unpaired) electrons. The first-order valence-corrected chi connectivity index (χ1v) is 2.92. The first kappa shape index (κ1) is 9.08. The number of rotatable bonds is 1. The zero-order valence-electron chi connectivity index (χ0n) is 5.56. The van der Waals surface area contributed by atoms with Crippen LogP contribution in [0.1, 0.15) is 6.42 Å². The molecule has 1 aliphatic carbocycles.